The number of aliphatic hydroxyl groups is 2. The lowest BCUT2D eigenvalue weighted by atomic mass is 9.73. The maximum absolute atomic E-state index is 13.1. The molecule has 7 heteroatoms. The number of rotatable bonds is 1. The molecular weight excluding hydrogens is 398 g/mol. The molecule has 0 bridgehead atoms. The molecule has 174 valence electrons. The summed E-state index contributed by atoms with van der Waals surface area (Å²) in [6.07, 6.45) is 0.998. The van der Waals surface area contributed by atoms with Crippen LogP contribution in [0.15, 0.2) is 11.6 Å². The Morgan fingerprint density at radius 2 is 1.87 bits per heavy atom. The van der Waals surface area contributed by atoms with E-state index in [4.69, 9.17) is 14.7 Å². The first-order valence-corrected chi connectivity index (χ1v) is 11.2. The summed E-state index contributed by atoms with van der Waals surface area (Å²) in [6, 6.07) is 1.97. The number of esters is 1. The van der Waals surface area contributed by atoms with E-state index >= 15 is 0 Å². The third-order valence-electron chi connectivity index (χ3n) is 7.21. The molecule has 2 saturated heterocycles. The average molecular weight is 436 g/mol. The van der Waals surface area contributed by atoms with Gasteiger partial charge in [0.1, 0.15) is 11.9 Å². The Kier molecular flexibility index (Phi) is 8.07. The smallest absolute Gasteiger partial charge is 0.309 e. The Labute approximate surface area is 185 Å². The van der Waals surface area contributed by atoms with Gasteiger partial charge in [0.05, 0.1) is 41.8 Å². The van der Waals surface area contributed by atoms with E-state index in [1.807, 2.05) is 19.9 Å². The number of cyclic esters (lactones) is 1. The van der Waals surface area contributed by atoms with Gasteiger partial charge in [-0.3, -0.25) is 9.59 Å². The molecule has 7 nitrogen and oxygen atoms in total. The van der Waals surface area contributed by atoms with Crippen molar-refractivity contribution in [1.82, 2.24) is 0 Å². The molecule has 0 aromatic rings. The van der Waals surface area contributed by atoms with Crippen LogP contribution in [-0.2, 0) is 19.1 Å². The van der Waals surface area contributed by atoms with Crippen LogP contribution in [0.1, 0.15) is 73.6 Å². The predicted molar refractivity (Wildman–Crippen MR) is 115 cm³/mol. The highest BCUT2D eigenvalue weighted by Gasteiger charge is 2.53. The molecule has 0 amide bonds. The summed E-state index contributed by atoms with van der Waals surface area (Å²) >= 11 is 0. The molecule has 0 aromatic heterocycles. The summed E-state index contributed by atoms with van der Waals surface area (Å²) in [4.78, 5) is 25.7. The van der Waals surface area contributed by atoms with Crippen LogP contribution in [0.2, 0.25) is 0 Å². The van der Waals surface area contributed by atoms with Gasteiger partial charge < -0.3 is 19.7 Å². The second-order valence-corrected chi connectivity index (χ2v) is 10.1. The average Bonchev–Trinajstić information content (AvgIpc) is 3.33. The third-order valence-corrected chi connectivity index (χ3v) is 7.21. The van der Waals surface area contributed by atoms with Crippen LogP contribution in [0, 0.1) is 28.6 Å². The number of ether oxygens (including phenoxy) is 2. The van der Waals surface area contributed by atoms with Crippen molar-refractivity contribution in [2.24, 2.45) is 17.3 Å². The van der Waals surface area contributed by atoms with Gasteiger partial charge in [0.25, 0.3) is 0 Å². The maximum Gasteiger partial charge on any atom is 0.309 e. The fourth-order valence-electron chi connectivity index (χ4n) is 4.49. The van der Waals surface area contributed by atoms with E-state index in [1.165, 1.54) is 6.08 Å². The number of fused-ring (bicyclic) bond motifs is 1. The van der Waals surface area contributed by atoms with Crippen molar-refractivity contribution < 1.29 is 29.3 Å². The Hall–Kier alpha value is -1.75. The van der Waals surface area contributed by atoms with Crippen LogP contribution in [0.25, 0.3) is 0 Å². The van der Waals surface area contributed by atoms with Gasteiger partial charge in [-0.25, -0.2) is 0 Å². The first-order valence-electron chi connectivity index (χ1n) is 11.2. The quantitative estimate of drug-likeness (QED) is 0.369. The third kappa shape index (κ3) is 5.94. The summed E-state index contributed by atoms with van der Waals surface area (Å²) in [5, 5.41) is 30.4. The van der Waals surface area contributed by atoms with Gasteiger partial charge >= 0.3 is 5.97 Å². The second kappa shape index (κ2) is 9.81. The minimum atomic E-state index is -1.26. The number of Topliss-reactive ketones (excluding diaryl/α,β-unsaturated/α-hetero) is 1. The lowest BCUT2D eigenvalue weighted by Gasteiger charge is -2.34. The van der Waals surface area contributed by atoms with E-state index in [0.717, 1.165) is 19.3 Å². The molecule has 2 heterocycles. The topological polar surface area (TPSA) is 120 Å². The highest BCUT2D eigenvalue weighted by molar-refractivity contribution is 5.88. The first kappa shape index (κ1) is 25.5. The fraction of sp³-hybridized carbons (Fsp3) is 0.792. The van der Waals surface area contributed by atoms with Crippen LogP contribution in [0.5, 0.6) is 0 Å². The minimum absolute atomic E-state index is 0.0841. The molecule has 2 N–H and O–H groups in total. The Morgan fingerprint density at radius 3 is 2.48 bits per heavy atom. The van der Waals surface area contributed by atoms with Crippen molar-refractivity contribution in [1.29, 1.82) is 5.26 Å². The molecule has 2 rings (SSSR count). The van der Waals surface area contributed by atoms with Crippen LogP contribution in [0.4, 0.5) is 0 Å². The SMILES string of the molecule is C/C(=C\C#N)[C@@H]1C[C@@H]2O[C@]2(C)CCC[C@H](C)[C@H](O)[C@@H](C)C(=O)C(C)(C)[C@@H](O)CC(=O)O1. The zero-order valence-electron chi connectivity index (χ0n) is 19.6. The number of carbonyl (C=O) groups excluding carboxylic acids is 2. The number of allylic oxidation sites excluding steroid dienone is 1. The van der Waals surface area contributed by atoms with Crippen LogP contribution in [-0.4, -0.2) is 52.0 Å². The number of carbonyl (C=O) groups is 2. The van der Waals surface area contributed by atoms with Crippen molar-refractivity contribution in [3.05, 3.63) is 11.6 Å². The van der Waals surface area contributed by atoms with Gasteiger partial charge in [-0.15, -0.1) is 0 Å². The summed E-state index contributed by atoms with van der Waals surface area (Å²) < 4.78 is 11.5. The largest absolute Gasteiger partial charge is 0.458 e. The first-order chi connectivity index (χ1) is 14.3. The summed E-state index contributed by atoms with van der Waals surface area (Å²) in [7, 11) is 0. The molecule has 0 spiro atoms. The van der Waals surface area contributed by atoms with Gasteiger partial charge in [-0.2, -0.15) is 5.26 Å². The van der Waals surface area contributed by atoms with E-state index in [9.17, 15) is 19.8 Å². The van der Waals surface area contributed by atoms with Gasteiger partial charge in [-0.1, -0.05) is 34.1 Å². The molecule has 7 atom stereocenters. The lowest BCUT2D eigenvalue weighted by molar-refractivity contribution is -0.154. The molecule has 2 aliphatic rings. The predicted octanol–water partition coefficient (Wildman–Crippen LogP) is 3.08. The van der Waals surface area contributed by atoms with Gasteiger partial charge in [0.2, 0.25) is 0 Å². The molecule has 0 saturated carbocycles. The van der Waals surface area contributed by atoms with Crippen molar-refractivity contribution in [2.45, 2.75) is 104 Å². The van der Waals surface area contributed by atoms with Crippen molar-refractivity contribution >= 4 is 11.8 Å². The molecule has 2 fully saturated rings. The molecule has 0 aliphatic carbocycles. The zero-order chi connectivity index (χ0) is 23.6. The molecule has 2 aliphatic heterocycles. The molecule has 0 radical (unpaired) electrons. The number of hydrogen-bond acceptors (Lipinski definition) is 7. The Balaban J connectivity index is 2.29. The highest BCUT2D eigenvalue weighted by atomic mass is 16.6. The number of hydrogen-bond donors (Lipinski definition) is 2. The van der Waals surface area contributed by atoms with Gasteiger partial charge in [-0.05, 0) is 38.2 Å². The monoisotopic (exact) mass is 435 g/mol. The van der Waals surface area contributed by atoms with Crippen molar-refractivity contribution in [2.75, 3.05) is 0 Å². The van der Waals surface area contributed by atoms with Crippen LogP contribution in [0.3, 0.4) is 0 Å². The number of aliphatic hydroxyl groups excluding tert-OH is 2. The Morgan fingerprint density at radius 1 is 1.23 bits per heavy atom. The Bertz CT molecular complexity index is 754. The minimum Gasteiger partial charge on any atom is -0.458 e. The number of nitriles is 1. The summed E-state index contributed by atoms with van der Waals surface area (Å²) in [5.41, 5.74) is -0.936. The molecule has 0 aromatic carbocycles. The number of nitrogens with zero attached hydrogens (tertiary/aromatic N) is 1. The van der Waals surface area contributed by atoms with E-state index in [1.54, 1.807) is 27.7 Å². The molecule has 0 unspecified atom stereocenters. The van der Waals surface area contributed by atoms with E-state index < -0.39 is 35.6 Å². The van der Waals surface area contributed by atoms with Crippen LogP contribution < -0.4 is 0 Å². The molecule has 31 heavy (non-hydrogen) atoms. The standard InChI is InChI=1S/C24H37NO6/c1-14(9-11-25)17-12-19-24(6,31-19)10-7-8-15(2)21(28)16(3)22(29)23(4,5)18(26)13-20(27)30-17/h9,15-19,21,26,28H,7-8,10,12-13H2,1-6H3/b14-9+/t15-,16+,17-,18-,19-,21-,24+/m0/s1. The fourth-order valence-corrected chi connectivity index (χ4v) is 4.49. The van der Waals surface area contributed by atoms with Crippen molar-refractivity contribution in [3.8, 4) is 6.07 Å². The second-order valence-electron chi connectivity index (χ2n) is 10.1. The maximum atomic E-state index is 13.1. The molecular formula is C24H37NO6. The summed E-state index contributed by atoms with van der Waals surface area (Å²) in [6.45, 7) is 10.5. The van der Waals surface area contributed by atoms with Crippen LogP contribution >= 0.6 is 0 Å². The van der Waals surface area contributed by atoms with E-state index in [0.29, 0.717) is 12.0 Å². The van der Waals surface area contributed by atoms with E-state index in [-0.39, 0.29) is 29.8 Å². The van der Waals surface area contributed by atoms with Gasteiger partial charge in [0, 0.05) is 18.4 Å². The highest BCUT2D eigenvalue weighted by Crippen LogP contribution is 2.45. The number of epoxide rings is 1. The lowest BCUT2D eigenvalue weighted by Crippen LogP contribution is -2.45. The van der Waals surface area contributed by atoms with Gasteiger partial charge in [0.15, 0.2) is 0 Å². The summed E-state index contributed by atoms with van der Waals surface area (Å²) in [5.74, 6) is -1.68. The number of ketones is 1. The van der Waals surface area contributed by atoms with E-state index in [2.05, 4.69) is 0 Å². The zero-order valence-corrected chi connectivity index (χ0v) is 19.6. The normalized spacial score (nSPS) is 40.4. The van der Waals surface area contributed by atoms with Crippen molar-refractivity contribution in [3.63, 3.8) is 0 Å².